The fraction of sp³-hybridized carbons (Fsp3) is 0. The van der Waals surface area contributed by atoms with Gasteiger partial charge in [0.1, 0.15) is 5.01 Å². The van der Waals surface area contributed by atoms with E-state index in [1.54, 1.807) is 11.3 Å². The summed E-state index contributed by atoms with van der Waals surface area (Å²) in [6.07, 6.45) is 0. The van der Waals surface area contributed by atoms with Crippen molar-refractivity contribution < 1.29 is 0 Å². The van der Waals surface area contributed by atoms with Crippen LogP contribution in [0.3, 0.4) is 0 Å². The van der Waals surface area contributed by atoms with Gasteiger partial charge in [-0.2, -0.15) is 0 Å². The molecule has 0 unspecified atom stereocenters. The highest BCUT2D eigenvalue weighted by Gasteiger charge is 2.17. The van der Waals surface area contributed by atoms with Crippen LogP contribution in [0.1, 0.15) is 0 Å². The van der Waals surface area contributed by atoms with E-state index < -0.39 is 0 Å². The van der Waals surface area contributed by atoms with Gasteiger partial charge in [-0.3, -0.25) is 0 Å². The predicted molar refractivity (Wildman–Crippen MR) is 168 cm³/mol. The third-order valence-electron chi connectivity index (χ3n) is 6.98. The highest BCUT2D eigenvalue weighted by molar-refractivity contribution is 7.25. The van der Waals surface area contributed by atoms with Gasteiger partial charge >= 0.3 is 0 Å². The van der Waals surface area contributed by atoms with Crippen LogP contribution in [0.15, 0.2) is 121 Å². The smallest absolute Gasteiger partial charge is 0.165 e. The Kier molecular flexibility index (Phi) is 5.47. The van der Waals surface area contributed by atoms with E-state index in [9.17, 15) is 0 Å². The minimum Gasteiger partial charge on any atom is -0.236 e. The average Bonchev–Trinajstić information content (AvgIpc) is 3.63. The SMILES string of the molecule is c1ccc(-c2nc(-c3ccc4sc5ccccc5c4c3)nc(-c3cccc4nc(-c5ccccc5)sc34)n2)cc1. The van der Waals surface area contributed by atoms with Crippen LogP contribution in [0.4, 0.5) is 0 Å². The maximum Gasteiger partial charge on any atom is 0.165 e. The van der Waals surface area contributed by atoms with Gasteiger partial charge in [-0.15, -0.1) is 22.7 Å². The zero-order valence-corrected chi connectivity index (χ0v) is 22.8. The molecule has 4 nitrogen and oxygen atoms in total. The molecule has 0 aliphatic rings. The third-order valence-corrected chi connectivity index (χ3v) is 9.28. The number of nitrogens with zero attached hydrogens (tertiary/aromatic N) is 4. The molecule has 0 saturated carbocycles. The molecule has 0 fully saturated rings. The summed E-state index contributed by atoms with van der Waals surface area (Å²) in [5.41, 5.74) is 4.93. The molecule has 3 heterocycles. The number of hydrogen-bond acceptors (Lipinski definition) is 6. The molecule has 6 heteroatoms. The van der Waals surface area contributed by atoms with Crippen molar-refractivity contribution in [1.82, 2.24) is 19.9 Å². The van der Waals surface area contributed by atoms with Crippen molar-refractivity contribution in [2.24, 2.45) is 0 Å². The van der Waals surface area contributed by atoms with Crippen molar-refractivity contribution in [3.05, 3.63) is 121 Å². The number of thiazole rings is 1. The minimum atomic E-state index is 0.646. The summed E-state index contributed by atoms with van der Waals surface area (Å²) in [5.74, 6) is 1.96. The Morgan fingerprint density at radius 1 is 0.425 bits per heavy atom. The molecule has 40 heavy (non-hydrogen) atoms. The summed E-state index contributed by atoms with van der Waals surface area (Å²) in [6.45, 7) is 0. The van der Waals surface area contributed by atoms with E-state index in [2.05, 4.69) is 66.7 Å². The van der Waals surface area contributed by atoms with Gasteiger partial charge in [0.2, 0.25) is 0 Å². The fourth-order valence-corrected chi connectivity index (χ4v) is 7.20. The van der Waals surface area contributed by atoms with Crippen LogP contribution in [0.2, 0.25) is 0 Å². The number of fused-ring (bicyclic) bond motifs is 4. The van der Waals surface area contributed by atoms with Gasteiger partial charge in [-0.05, 0) is 36.4 Å². The minimum absolute atomic E-state index is 0.646. The summed E-state index contributed by atoms with van der Waals surface area (Å²) in [5, 5.41) is 3.46. The average molecular weight is 549 g/mol. The van der Waals surface area contributed by atoms with Gasteiger partial charge in [0, 0.05) is 42.4 Å². The monoisotopic (exact) mass is 548 g/mol. The summed E-state index contributed by atoms with van der Waals surface area (Å²) in [7, 11) is 0. The van der Waals surface area contributed by atoms with Crippen molar-refractivity contribution in [2.75, 3.05) is 0 Å². The lowest BCUT2D eigenvalue weighted by molar-refractivity contribution is 1.08. The molecule has 0 atom stereocenters. The van der Waals surface area contributed by atoms with Crippen molar-refractivity contribution >= 4 is 53.1 Å². The second kappa shape index (κ2) is 9.45. The summed E-state index contributed by atoms with van der Waals surface area (Å²) in [4.78, 5) is 20.0. The van der Waals surface area contributed by atoms with Crippen LogP contribution >= 0.6 is 22.7 Å². The topological polar surface area (TPSA) is 51.6 Å². The summed E-state index contributed by atoms with van der Waals surface area (Å²) < 4.78 is 3.60. The van der Waals surface area contributed by atoms with Gasteiger partial charge in [-0.25, -0.2) is 19.9 Å². The Labute approximate surface area is 238 Å². The van der Waals surface area contributed by atoms with Crippen LogP contribution in [0.5, 0.6) is 0 Å². The Morgan fingerprint density at radius 3 is 1.93 bits per heavy atom. The molecular weight excluding hydrogens is 529 g/mol. The molecule has 5 aromatic carbocycles. The fourth-order valence-electron chi connectivity index (χ4n) is 5.04. The molecule has 3 aromatic heterocycles. The van der Waals surface area contributed by atoms with Gasteiger partial charge in [0.25, 0.3) is 0 Å². The van der Waals surface area contributed by atoms with Gasteiger partial charge in [0.15, 0.2) is 17.5 Å². The van der Waals surface area contributed by atoms with E-state index in [1.165, 1.54) is 20.2 Å². The van der Waals surface area contributed by atoms with E-state index >= 15 is 0 Å². The lowest BCUT2D eigenvalue weighted by Gasteiger charge is -2.09. The second-order valence-corrected chi connectivity index (χ2v) is 11.6. The first kappa shape index (κ1) is 23.1. The lowest BCUT2D eigenvalue weighted by atomic mass is 10.1. The molecule has 0 saturated heterocycles. The molecule has 0 spiro atoms. The Balaban J connectivity index is 1.34. The van der Waals surface area contributed by atoms with Gasteiger partial charge < -0.3 is 0 Å². The van der Waals surface area contributed by atoms with E-state index in [0.717, 1.165) is 37.5 Å². The summed E-state index contributed by atoms with van der Waals surface area (Å²) in [6, 6.07) is 41.6. The molecule has 0 amide bonds. The van der Waals surface area contributed by atoms with E-state index in [4.69, 9.17) is 19.9 Å². The quantitative estimate of drug-likeness (QED) is 0.220. The molecule has 0 aliphatic heterocycles. The maximum atomic E-state index is 5.06. The van der Waals surface area contributed by atoms with Crippen LogP contribution < -0.4 is 0 Å². The normalized spacial score (nSPS) is 11.5. The van der Waals surface area contributed by atoms with Crippen LogP contribution in [-0.4, -0.2) is 19.9 Å². The highest BCUT2D eigenvalue weighted by Crippen LogP contribution is 2.38. The molecule has 8 aromatic rings. The number of hydrogen-bond donors (Lipinski definition) is 0. The van der Waals surface area contributed by atoms with Gasteiger partial charge in [0.05, 0.1) is 10.2 Å². The molecule has 0 N–H and O–H groups in total. The Bertz CT molecular complexity index is 2170. The predicted octanol–water partition coefficient (Wildman–Crippen LogP) is 9.52. The Morgan fingerprint density at radius 2 is 1.10 bits per heavy atom. The van der Waals surface area contributed by atoms with Crippen molar-refractivity contribution in [3.8, 4) is 44.7 Å². The largest absolute Gasteiger partial charge is 0.236 e. The highest BCUT2D eigenvalue weighted by atomic mass is 32.1. The van der Waals surface area contributed by atoms with Crippen LogP contribution in [0, 0.1) is 0 Å². The molecular formula is C34H20N4S2. The van der Waals surface area contributed by atoms with E-state index in [-0.39, 0.29) is 0 Å². The van der Waals surface area contributed by atoms with Gasteiger partial charge in [-0.1, -0.05) is 84.9 Å². The third kappa shape index (κ3) is 3.97. The van der Waals surface area contributed by atoms with Crippen LogP contribution in [-0.2, 0) is 0 Å². The maximum absolute atomic E-state index is 5.06. The van der Waals surface area contributed by atoms with Crippen molar-refractivity contribution in [1.29, 1.82) is 0 Å². The molecule has 188 valence electrons. The van der Waals surface area contributed by atoms with E-state index in [1.807, 2.05) is 65.9 Å². The lowest BCUT2D eigenvalue weighted by Crippen LogP contribution is -2.00. The van der Waals surface area contributed by atoms with Crippen molar-refractivity contribution in [3.63, 3.8) is 0 Å². The molecule has 0 radical (unpaired) electrons. The molecule has 8 rings (SSSR count). The first-order valence-electron chi connectivity index (χ1n) is 13.0. The van der Waals surface area contributed by atoms with E-state index in [0.29, 0.717) is 17.5 Å². The second-order valence-electron chi connectivity index (χ2n) is 9.52. The zero-order chi connectivity index (χ0) is 26.5. The Hall–Kier alpha value is -4.78. The number of thiophene rings is 1. The first-order chi connectivity index (χ1) is 19.8. The number of aromatic nitrogens is 4. The zero-order valence-electron chi connectivity index (χ0n) is 21.2. The first-order valence-corrected chi connectivity index (χ1v) is 14.6. The summed E-state index contributed by atoms with van der Waals surface area (Å²) >= 11 is 3.48. The van der Waals surface area contributed by atoms with Crippen LogP contribution in [0.25, 0.3) is 75.1 Å². The molecule has 0 bridgehead atoms. The number of rotatable bonds is 4. The molecule has 0 aliphatic carbocycles. The van der Waals surface area contributed by atoms with Crippen molar-refractivity contribution in [2.45, 2.75) is 0 Å². The standard InChI is InChI=1S/C34H20N4S2/c1-3-10-21(11-4-1)31-36-32(23-18-19-29-26(20-23)24-14-7-8-17-28(24)39-29)38-33(37-31)25-15-9-16-27-30(25)40-34(35-27)22-12-5-2-6-13-22/h1-20H. The number of benzene rings is 5.